The zero-order valence-corrected chi connectivity index (χ0v) is 15.6. The Hall–Kier alpha value is -2.19. The first-order valence-corrected chi connectivity index (χ1v) is 9.71. The highest BCUT2D eigenvalue weighted by Gasteiger charge is 2.27. The summed E-state index contributed by atoms with van der Waals surface area (Å²) in [7, 11) is 0. The largest absolute Gasteiger partial charge is 0.379 e. The Morgan fingerprint density at radius 3 is 2.59 bits per heavy atom. The van der Waals surface area contributed by atoms with Crippen LogP contribution in [-0.4, -0.2) is 68.2 Å². The Bertz CT molecular complexity index is 640. The van der Waals surface area contributed by atoms with Gasteiger partial charge < -0.3 is 15.0 Å². The molecule has 1 aromatic rings. The van der Waals surface area contributed by atoms with Gasteiger partial charge in [0.05, 0.1) is 18.1 Å². The van der Waals surface area contributed by atoms with Gasteiger partial charge in [-0.1, -0.05) is 12.1 Å². The average Bonchev–Trinajstić information content (AvgIpc) is 2.72. The van der Waals surface area contributed by atoms with Crippen molar-refractivity contribution in [3.8, 4) is 0 Å². The molecule has 0 aromatic heterocycles. The third-order valence-corrected chi connectivity index (χ3v) is 5.34. The molecule has 2 heterocycles. The number of hydrogen-bond donors (Lipinski definition) is 1. The molecular formula is C19H28N4O4. The van der Waals surface area contributed by atoms with Crippen molar-refractivity contribution in [2.45, 2.75) is 19.3 Å². The summed E-state index contributed by atoms with van der Waals surface area (Å²) in [5.41, 5.74) is 0.774. The fourth-order valence-corrected chi connectivity index (χ4v) is 3.75. The maximum Gasteiger partial charge on any atom is 0.292 e. The van der Waals surface area contributed by atoms with Crippen molar-refractivity contribution >= 4 is 17.3 Å². The normalized spacial score (nSPS) is 19.0. The van der Waals surface area contributed by atoms with Gasteiger partial charge in [0.2, 0.25) is 5.91 Å². The Labute approximate surface area is 159 Å². The number of benzene rings is 1. The second-order valence-electron chi connectivity index (χ2n) is 7.11. The second-order valence-corrected chi connectivity index (χ2v) is 7.11. The summed E-state index contributed by atoms with van der Waals surface area (Å²) in [5.74, 6) is 0.103. The van der Waals surface area contributed by atoms with Gasteiger partial charge in [-0.25, -0.2) is 0 Å². The van der Waals surface area contributed by atoms with E-state index in [-0.39, 0.29) is 22.4 Å². The van der Waals surface area contributed by atoms with Crippen LogP contribution in [0.25, 0.3) is 0 Å². The van der Waals surface area contributed by atoms with Crippen molar-refractivity contribution < 1.29 is 14.5 Å². The topological polar surface area (TPSA) is 88.0 Å². The van der Waals surface area contributed by atoms with Crippen LogP contribution in [0.2, 0.25) is 0 Å². The van der Waals surface area contributed by atoms with E-state index >= 15 is 0 Å². The summed E-state index contributed by atoms with van der Waals surface area (Å²) in [5, 5.41) is 14.3. The number of nitro benzene ring substituents is 1. The average molecular weight is 376 g/mol. The Morgan fingerprint density at radius 1 is 1.19 bits per heavy atom. The summed E-state index contributed by atoms with van der Waals surface area (Å²) < 4.78 is 5.33. The van der Waals surface area contributed by atoms with Crippen LogP contribution in [-0.2, 0) is 9.53 Å². The first-order chi connectivity index (χ1) is 13.1. The van der Waals surface area contributed by atoms with Crippen molar-refractivity contribution in [1.82, 2.24) is 10.2 Å². The number of hydrogen-bond acceptors (Lipinski definition) is 6. The van der Waals surface area contributed by atoms with Gasteiger partial charge in [0, 0.05) is 44.7 Å². The Kier molecular flexibility index (Phi) is 7.00. The molecule has 2 aliphatic heterocycles. The quantitative estimate of drug-likeness (QED) is 0.442. The van der Waals surface area contributed by atoms with Crippen LogP contribution in [0.1, 0.15) is 19.3 Å². The lowest BCUT2D eigenvalue weighted by Gasteiger charge is -2.32. The molecule has 2 aliphatic rings. The standard InChI is InChI=1S/C19H28N4O4/c24-19(20-8-3-9-21-12-14-27-15-13-21)16-6-10-22(11-7-16)17-4-1-2-5-18(17)23(25)26/h1-2,4-5,16H,3,6-15H2,(H,20,24). The van der Waals surface area contributed by atoms with Crippen molar-refractivity contribution in [1.29, 1.82) is 0 Å². The van der Waals surface area contributed by atoms with E-state index in [0.717, 1.165) is 52.1 Å². The minimum atomic E-state index is -0.345. The number of nitrogens with zero attached hydrogens (tertiary/aromatic N) is 3. The van der Waals surface area contributed by atoms with Crippen LogP contribution >= 0.6 is 0 Å². The highest BCUT2D eigenvalue weighted by atomic mass is 16.6. The van der Waals surface area contributed by atoms with Crippen molar-refractivity contribution in [2.75, 3.05) is 57.4 Å². The van der Waals surface area contributed by atoms with Crippen LogP contribution in [0.5, 0.6) is 0 Å². The van der Waals surface area contributed by atoms with Crippen LogP contribution in [0.15, 0.2) is 24.3 Å². The van der Waals surface area contributed by atoms with Gasteiger partial charge in [0.15, 0.2) is 0 Å². The van der Waals surface area contributed by atoms with E-state index in [1.807, 2.05) is 11.0 Å². The van der Waals surface area contributed by atoms with Gasteiger partial charge in [-0.05, 0) is 31.9 Å². The van der Waals surface area contributed by atoms with Gasteiger partial charge in [0.1, 0.15) is 5.69 Å². The first kappa shape index (κ1) is 19.6. The fraction of sp³-hybridized carbons (Fsp3) is 0.632. The van der Waals surface area contributed by atoms with Crippen LogP contribution < -0.4 is 10.2 Å². The molecule has 0 radical (unpaired) electrons. The lowest BCUT2D eigenvalue weighted by Crippen LogP contribution is -2.42. The molecule has 2 fully saturated rings. The molecule has 8 nitrogen and oxygen atoms in total. The van der Waals surface area contributed by atoms with Crippen molar-refractivity contribution in [2.24, 2.45) is 5.92 Å². The molecule has 1 amide bonds. The van der Waals surface area contributed by atoms with Gasteiger partial charge in [-0.3, -0.25) is 19.8 Å². The lowest BCUT2D eigenvalue weighted by atomic mass is 9.95. The first-order valence-electron chi connectivity index (χ1n) is 9.71. The summed E-state index contributed by atoms with van der Waals surface area (Å²) in [4.78, 5) is 27.6. The van der Waals surface area contributed by atoms with Gasteiger partial charge in [-0.2, -0.15) is 0 Å². The highest BCUT2D eigenvalue weighted by Crippen LogP contribution is 2.31. The number of rotatable bonds is 7. The fourth-order valence-electron chi connectivity index (χ4n) is 3.75. The molecule has 27 heavy (non-hydrogen) atoms. The molecule has 0 aliphatic carbocycles. The predicted octanol–water partition coefficient (Wildman–Crippen LogP) is 1.65. The number of morpholine rings is 1. The summed E-state index contributed by atoms with van der Waals surface area (Å²) in [6, 6.07) is 6.81. The zero-order valence-electron chi connectivity index (χ0n) is 15.6. The molecule has 0 bridgehead atoms. The maximum atomic E-state index is 12.4. The number of ether oxygens (including phenoxy) is 1. The number of carbonyl (C=O) groups excluding carboxylic acids is 1. The lowest BCUT2D eigenvalue weighted by molar-refractivity contribution is -0.384. The molecule has 0 atom stereocenters. The maximum absolute atomic E-state index is 12.4. The summed E-state index contributed by atoms with van der Waals surface area (Å²) in [6.45, 7) is 6.54. The molecule has 3 rings (SSSR count). The molecule has 8 heteroatoms. The minimum absolute atomic E-state index is 0.00703. The van der Waals surface area contributed by atoms with E-state index in [4.69, 9.17) is 4.74 Å². The molecule has 1 aromatic carbocycles. The number of amides is 1. The number of anilines is 1. The van der Waals surface area contributed by atoms with Crippen molar-refractivity contribution in [3.05, 3.63) is 34.4 Å². The van der Waals surface area contributed by atoms with E-state index in [2.05, 4.69) is 10.2 Å². The van der Waals surface area contributed by atoms with Gasteiger partial charge in [0.25, 0.3) is 5.69 Å². The SMILES string of the molecule is O=C(NCCCN1CCOCC1)C1CCN(c2ccccc2[N+](=O)[O-])CC1. The van der Waals surface area contributed by atoms with Crippen LogP contribution in [0.4, 0.5) is 11.4 Å². The van der Waals surface area contributed by atoms with Gasteiger partial charge in [-0.15, -0.1) is 0 Å². The minimum Gasteiger partial charge on any atom is -0.379 e. The zero-order chi connectivity index (χ0) is 19.1. The number of piperidine rings is 1. The van der Waals surface area contributed by atoms with E-state index < -0.39 is 0 Å². The Morgan fingerprint density at radius 2 is 1.89 bits per heavy atom. The second kappa shape index (κ2) is 9.66. The summed E-state index contributed by atoms with van der Waals surface area (Å²) >= 11 is 0. The number of para-hydroxylation sites is 2. The molecule has 0 spiro atoms. The highest BCUT2D eigenvalue weighted by molar-refractivity contribution is 5.79. The smallest absolute Gasteiger partial charge is 0.292 e. The van der Waals surface area contributed by atoms with E-state index in [0.29, 0.717) is 25.3 Å². The number of nitrogens with one attached hydrogen (secondary N) is 1. The van der Waals surface area contributed by atoms with Crippen LogP contribution in [0.3, 0.4) is 0 Å². The monoisotopic (exact) mass is 376 g/mol. The Balaban J connectivity index is 1.39. The molecule has 0 saturated carbocycles. The molecule has 0 unspecified atom stereocenters. The number of nitro groups is 1. The van der Waals surface area contributed by atoms with E-state index in [9.17, 15) is 14.9 Å². The van der Waals surface area contributed by atoms with E-state index in [1.165, 1.54) is 6.07 Å². The van der Waals surface area contributed by atoms with Crippen LogP contribution in [0, 0.1) is 16.0 Å². The molecule has 1 N–H and O–H groups in total. The molecule has 148 valence electrons. The predicted molar refractivity (Wildman–Crippen MR) is 103 cm³/mol. The molecule has 2 saturated heterocycles. The number of carbonyl (C=O) groups is 1. The third kappa shape index (κ3) is 5.40. The van der Waals surface area contributed by atoms with Crippen molar-refractivity contribution in [3.63, 3.8) is 0 Å². The molecular weight excluding hydrogens is 348 g/mol. The van der Waals surface area contributed by atoms with E-state index in [1.54, 1.807) is 12.1 Å². The summed E-state index contributed by atoms with van der Waals surface area (Å²) in [6.07, 6.45) is 2.39. The van der Waals surface area contributed by atoms with Gasteiger partial charge >= 0.3 is 0 Å². The third-order valence-electron chi connectivity index (χ3n) is 5.34.